The molecule has 0 saturated carbocycles. The first-order valence-corrected chi connectivity index (χ1v) is 6.82. The summed E-state index contributed by atoms with van der Waals surface area (Å²) < 4.78 is 0. The summed E-state index contributed by atoms with van der Waals surface area (Å²) in [6, 6.07) is 8.45. The fourth-order valence-corrected chi connectivity index (χ4v) is 1.96. The minimum atomic E-state index is -0.493. The van der Waals surface area contributed by atoms with Gasteiger partial charge in [0.05, 0.1) is 5.41 Å². The maximum Gasteiger partial charge on any atom is 0.229 e. The van der Waals surface area contributed by atoms with E-state index in [-0.39, 0.29) is 18.3 Å². The van der Waals surface area contributed by atoms with Crippen molar-refractivity contribution in [2.75, 3.05) is 13.6 Å². The van der Waals surface area contributed by atoms with Crippen LogP contribution in [0.5, 0.6) is 0 Å². The van der Waals surface area contributed by atoms with E-state index >= 15 is 0 Å². The Morgan fingerprint density at radius 3 is 2.15 bits per heavy atom. The van der Waals surface area contributed by atoms with Crippen molar-refractivity contribution in [3.05, 3.63) is 35.4 Å². The van der Waals surface area contributed by atoms with Gasteiger partial charge >= 0.3 is 0 Å². The Kier molecular flexibility index (Phi) is 7.25. The van der Waals surface area contributed by atoms with Crippen LogP contribution in [0.4, 0.5) is 0 Å². The average Bonchev–Trinajstić information content (AvgIpc) is 2.38. The highest BCUT2D eigenvalue weighted by atomic mass is 35.5. The molecule has 0 saturated heterocycles. The second-order valence-corrected chi connectivity index (χ2v) is 6.15. The molecule has 0 aliphatic heterocycles. The molecule has 0 aliphatic carbocycles. The van der Waals surface area contributed by atoms with Crippen LogP contribution in [-0.2, 0) is 11.3 Å². The zero-order chi connectivity index (χ0) is 14.6. The van der Waals surface area contributed by atoms with Crippen molar-refractivity contribution in [3.8, 4) is 0 Å². The summed E-state index contributed by atoms with van der Waals surface area (Å²) in [5.74, 6) is 0.618. The van der Waals surface area contributed by atoms with E-state index in [1.54, 1.807) is 4.90 Å². The molecular formula is C16H27ClN2O. The number of carbonyl (C=O) groups is 1. The van der Waals surface area contributed by atoms with Crippen LogP contribution in [0.3, 0.4) is 0 Å². The van der Waals surface area contributed by atoms with Crippen LogP contribution in [-0.4, -0.2) is 24.4 Å². The highest BCUT2D eigenvalue weighted by Crippen LogP contribution is 2.19. The summed E-state index contributed by atoms with van der Waals surface area (Å²) in [7, 11) is 1.83. The molecule has 0 bridgehead atoms. The Morgan fingerprint density at radius 1 is 1.25 bits per heavy atom. The van der Waals surface area contributed by atoms with Gasteiger partial charge in [-0.05, 0) is 30.9 Å². The first-order chi connectivity index (χ1) is 8.77. The molecule has 114 valence electrons. The molecule has 4 heteroatoms. The van der Waals surface area contributed by atoms with Crippen molar-refractivity contribution >= 4 is 18.3 Å². The number of nitrogens with zero attached hydrogens (tertiary/aromatic N) is 1. The van der Waals surface area contributed by atoms with E-state index < -0.39 is 5.41 Å². The normalized spacial score (nSPS) is 11.2. The maximum atomic E-state index is 12.2. The number of hydrogen-bond acceptors (Lipinski definition) is 2. The highest BCUT2D eigenvalue weighted by molar-refractivity contribution is 5.85. The van der Waals surface area contributed by atoms with Gasteiger partial charge in [0.2, 0.25) is 5.91 Å². The van der Waals surface area contributed by atoms with E-state index in [9.17, 15) is 4.79 Å². The van der Waals surface area contributed by atoms with Gasteiger partial charge in [-0.25, -0.2) is 0 Å². The topological polar surface area (TPSA) is 46.3 Å². The predicted molar refractivity (Wildman–Crippen MR) is 87.1 cm³/mol. The van der Waals surface area contributed by atoms with Crippen LogP contribution in [0.2, 0.25) is 0 Å². The molecule has 3 nitrogen and oxygen atoms in total. The third-order valence-corrected chi connectivity index (χ3v) is 3.50. The molecule has 2 N–H and O–H groups in total. The number of rotatable bonds is 5. The second-order valence-electron chi connectivity index (χ2n) is 6.15. The Balaban J connectivity index is 0.00000361. The SMILES string of the molecule is CC(C)c1ccc(CN(C)C(=O)C(C)(C)CN)cc1.Cl. The first-order valence-electron chi connectivity index (χ1n) is 6.82. The minimum Gasteiger partial charge on any atom is -0.341 e. The molecule has 1 aromatic rings. The lowest BCUT2D eigenvalue weighted by atomic mass is 9.92. The van der Waals surface area contributed by atoms with Crippen LogP contribution >= 0.6 is 12.4 Å². The van der Waals surface area contributed by atoms with Crippen molar-refractivity contribution < 1.29 is 4.79 Å². The summed E-state index contributed by atoms with van der Waals surface area (Å²) in [6.45, 7) is 9.10. The summed E-state index contributed by atoms with van der Waals surface area (Å²) in [5, 5.41) is 0. The molecule has 20 heavy (non-hydrogen) atoms. The van der Waals surface area contributed by atoms with Crippen LogP contribution in [0.1, 0.15) is 44.7 Å². The number of hydrogen-bond donors (Lipinski definition) is 1. The standard InChI is InChI=1S/C16H26N2O.ClH/c1-12(2)14-8-6-13(7-9-14)10-18(5)15(19)16(3,4)11-17;/h6-9,12H,10-11,17H2,1-5H3;1H. The lowest BCUT2D eigenvalue weighted by molar-refractivity contribution is -0.139. The van der Waals surface area contributed by atoms with E-state index in [1.807, 2.05) is 20.9 Å². The largest absolute Gasteiger partial charge is 0.341 e. The number of benzene rings is 1. The van der Waals surface area contributed by atoms with Crippen LogP contribution < -0.4 is 5.73 Å². The van der Waals surface area contributed by atoms with E-state index in [0.717, 1.165) is 5.56 Å². The van der Waals surface area contributed by atoms with Gasteiger partial charge < -0.3 is 10.6 Å². The van der Waals surface area contributed by atoms with Gasteiger partial charge in [-0.2, -0.15) is 0 Å². The predicted octanol–water partition coefficient (Wildman–Crippen LogP) is 3.18. The number of amides is 1. The van der Waals surface area contributed by atoms with E-state index in [1.165, 1.54) is 5.56 Å². The zero-order valence-electron chi connectivity index (χ0n) is 13.1. The molecule has 1 aromatic carbocycles. The summed E-state index contributed by atoms with van der Waals surface area (Å²) >= 11 is 0. The smallest absolute Gasteiger partial charge is 0.229 e. The van der Waals surface area contributed by atoms with E-state index in [0.29, 0.717) is 19.0 Å². The quantitative estimate of drug-likeness (QED) is 0.907. The van der Waals surface area contributed by atoms with E-state index in [4.69, 9.17) is 5.73 Å². The summed E-state index contributed by atoms with van der Waals surface area (Å²) in [6.07, 6.45) is 0. The lowest BCUT2D eigenvalue weighted by Crippen LogP contribution is -2.42. The van der Waals surface area contributed by atoms with Gasteiger partial charge in [-0.15, -0.1) is 12.4 Å². The molecule has 1 rings (SSSR count). The Hall–Kier alpha value is -1.06. The van der Waals surface area contributed by atoms with Gasteiger partial charge in [-0.3, -0.25) is 4.79 Å². The summed E-state index contributed by atoms with van der Waals surface area (Å²) in [4.78, 5) is 14.0. The average molecular weight is 299 g/mol. The fraction of sp³-hybridized carbons (Fsp3) is 0.562. The van der Waals surface area contributed by atoms with Gasteiger partial charge in [-0.1, -0.05) is 38.1 Å². The van der Waals surface area contributed by atoms with Crippen molar-refractivity contribution in [1.29, 1.82) is 0 Å². The van der Waals surface area contributed by atoms with E-state index in [2.05, 4.69) is 38.1 Å². The third kappa shape index (κ3) is 4.80. The zero-order valence-corrected chi connectivity index (χ0v) is 14.0. The number of halogens is 1. The molecule has 0 heterocycles. The Labute approximate surface area is 128 Å². The van der Waals surface area contributed by atoms with Gasteiger partial charge in [0.15, 0.2) is 0 Å². The molecular weight excluding hydrogens is 272 g/mol. The molecule has 0 spiro atoms. The fourth-order valence-electron chi connectivity index (χ4n) is 1.96. The van der Waals surface area contributed by atoms with Crippen molar-refractivity contribution in [2.45, 2.75) is 40.2 Å². The molecule has 0 fully saturated rings. The number of carbonyl (C=O) groups excluding carboxylic acids is 1. The maximum absolute atomic E-state index is 12.2. The van der Waals surface area contributed by atoms with Crippen LogP contribution in [0.15, 0.2) is 24.3 Å². The van der Waals surface area contributed by atoms with Crippen molar-refractivity contribution in [1.82, 2.24) is 4.90 Å². The van der Waals surface area contributed by atoms with Crippen LogP contribution in [0.25, 0.3) is 0 Å². The Morgan fingerprint density at radius 2 is 1.75 bits per heavy atom. The minimum absolute atomic E-state index is 0. The molecule has 0 unspecified atom stereocenters. The lowest BCUT2D eigenvalue weighted by Gasteiger charge is -2.28. The second kappa shape index (κ2) is 7.65. The van der Waals surface area contributed by atoms with Gasteiger partial charge in [0, 0.05) is 20.1 Å². The summed E-state index contributed by atoms with van der Waals surface area (Å²) in [5.41, 5.74) is 7.62. The molecule has 0 atom stereocenters. The van der Waals surface area contributed by atoms with Crippen LogP contribution in [0, 0.1) is 5.41 Å². The van der Waals surface area contributed by atoms with Gasteiger partial charge in [0.25, 0.3) is 0 Å². The van der Waals surface area contributed by atoms with Crippen molar-refractivity contribution in [2.24, 2.45) is 11.1 Å². The third-order valence-electron chi connectivity index (χ3n) is 3.50. The molecule has 0 aromatic heterocycles. The van der Waals surface area contributed by atoms with Gasteiger partial charge in [0.1, 0.15) is 0 Å². The molecule has 0 radical (unpaired) electrons. The molecule has 1 amide bonds. The first kappa shape index (κ1) is 18.9. The Bertz CT molecular complexity index is 427. The highest BCUT2D eigenvalue weighted by Gasteiger charge is 2.28. The number of nitrogens with two attached hydrogens (primary N) is 1. The van der Waals surface area contributed by atoms with Crippen molar-refractivity contribution in [3.63, 3.8) is 0 Å². The molecule has 0 aliphatic rings. The monoisotopic (exact) mass is 298 g/mol.